The zero-order valence-corrected chi connectivity index (χ0v) is 16.2. The molecule has 0 aliphatic carbocycles. The Labute approximate surface area is 164 Å². The summed E-state index contributed by atoms with van der Waals surface area (Å²) in [5.41, 5.74) is 3.56. The van der Waals surface area contributed by atoms with Crippen molar-refractivity contribution in [3.8, 4) is 5.75 Å². The zero-order valence-electron chi connectivity index (χ0n) is 15.5. The van der Waals surface area contributed by atoms with Gasteiger partial charge in [0.25, 0.3) is 5.91 Å². The van der Waals surface area contributed by atoms with Crippen molar-refractivity contribution >= 4 is 23.2 Å². The lowest BCUT2D eigenvalue weighted by molar-refractivity contribution is 0.0986. The summed E-state index contributed by atoms with van der Waals surface area (Å²) >= 11 is 5.90. The number of aromatic nitrogens is 1. The molecule has 1 fully saturated rings. The Kier molecular flexibility index (Phi) is 5.32. The third-order valence-corrected chi connectivity index (χ3v) is 5.98. The summed E-state index contributed by atoms with van der Waals surface area (Å²) in [6, 6.07) is 9.60. The van der Waals surface area contributed by atoms with Gasteiger partial charge in [0.1, 0.15) is 5.75 Å². The number of nitrogens with one attached hydrogen (secondary N) is 1. The van der Waals surface area contributed by atoms with Crippen molar-refractivity contribution in [1.29, 1.82) is 0 Å². The van der Waals surface area contributed by atoms with E-state index in [1.165, 1.54) is 5.56 Å². The van der Waals surface area contributed by atoms with Crippen molar-refractivity contribution in [3.05, 3.63) is 53.3 Å². The second-order valence-electron chi connectivity index (χ2n) is 7.20. The minimum absolute atomic E-state index is 0.00613. The predicted octanol–water partition coefficient (Wildman–Crippen LogP) is 3.57. The summed E-state index contributed by atoms with van der Waals surface area (Å²) in [6.07, 6.45) is 3.92. The molecule has 2 aromatic rings. The van der Waals surface area contributed by atoms with E-state index in [1.807, 2.05) is 17.0 Å². The molecule has 1 amide bonds. The predicted molar refractivity (Wildman–Crippen MR) is 107 cm³/mol. The molecule has 1 atom stereocenters. The van der Waals surface area contributed by atoms with Crippen LogP contribution in [0.1, 0.15) is 40.4 Å². The summed E-state index contributed by atoms with van der Waals surface area (Å²) < 4.78 is 5.45. The molecule has 3 heterocycles. The van der Waals surface area contributed by atoms with Gasteiger partial charge in [-0.05, 0) is 67.7 Å². The van der Waals surface area contributed by atoms with Crippen LogP contribution in [0.4, 0.5) is 5.69 Å². The molecule has 1 aromatic carbocycles. The number of piperidine rings is 1. The second-order valence-corrected chi connectivity index (χ2v) is 7.47. The van der Waals surface area contributed by atoms with E-state index < -0.39 is 0 Å². The van der Waals surface area contributed by atoms with Gasteiger partial charge in [0.15, 0.2) is 0 Å². The summed E-state index contributed by atoms with van der Waals surface area (Å²) in [7, 11) is 1.68. The molecule has 2 aliphatic rings. The Morgan fingerprint density at radius 3 is 2.85 bits per heavy atom. The second kappa shape index (κ2) is 7.87. The maximum absolute atomic E-state index is 13.3. The van der Waals surface area contributed by atoms with Gasteiger partial charge in [-0.1, -0.05) is 0 Å². The molecular weight excluding hydrogens is 362 g/mol. The number of pyridine rings is 1. The SMILES string of the molecule is COc1ccc2c(c1)C(C1CCNCC1)CN2C(=O)c1ccnc(CCl)c1. The van der Waals surface area contributed by atoms with E-state index in [0.717, 1.165) is 37.4 Å². The number of halogens is 1. The van der Waals surface area contributed by atoms with E-state index in [4.69, 9.17) is 16.3 Å². The van der Waals surface area contributed by atoms with E-state index in [1.54, 1.807) is 25.4 Å². The average Bonchev–Trinajstić information content (AvgIpc) is 3.12. The van der Waals surface area contributed by atoms with Crippen molar-refractivity contribution in [1.82, 2.24) is 10.3 Å². The van der Waals surface area contributed by atoms with E-state index in [-0.39, 0.29) is 5.91 Å². The summed E-state index contributed by atoms with van der Waals surface area (Å²) in [5.74, 6) is 2.07. The van der Waals surface area contributed by atoms with Gasteiger partial charge >= 0.3 is 0 Å². The zero-order chi connectivity index (χ0) is 18.8. The number of nitrogens with zero attached hydrogens (tertiary/aromatic N) is 2. The largest absolute Gasteiger partial charge is 0.497 e. The Morgan fingerprint density at radius 2 is 2.11 bits per heavy atom. The summed E-state index contributed by atoms with van der Waals surface area (Å²) in [6.45, 7) is 2.79. The smallest absolute Gasteiger partial charge is 0.258 e. The lowest BCUT2D eigenvalue weighted by atomic mass is 9.81. The topological polar surface area (TPSA) is 54.5 Å². The van der Waals surface area contributed by atoms with Crippen LogP contribution in [-0.4, -0.2) is 37.6 Å². The lowest BCUT2D eigenvalue weighted by Crippen LogP contribution is -2.35. The van der Waals surface area contributed by atoms with Gasteiger partial charge in [0.2, 0.25) is 0 Å². The monoisotopic (exact) mass is 385 g/mol. The van der Waals surface area contributed by atoms with Gasteiger partial charge in [0, 0.05) is 29.9 Å². The Balaban J connectivity index is 1.69. The van der Waals surface area contributed by atoms with Gasteiger partial charge in [-0.2, -0.15) is 0 Å². The molecule has 5 nitrogen and oxygen atoms in total. The van der Waals surface area contributed by atoms with Crippen LogP contribution in [0.5, 0.6) is 5.75 Å². The van der Waals surface area contributed by atoms with Crippen molar-refractivity contribution in [2.24, 2.45) is 5.92 Å². The molecule has 6 heteroatoms. The van der Waals surface area contributed by atoms with Crippen LogP contribution in [0.2, 0.25) is 0 Å². The molecule has 1 N–H and O–H groups in total. The molecule has 2 aliphatic heterocycles. The van der Waals surface area contributed by atoms with Crippen molar-refractivity contribution in [2.75, 3.05) is 31.6 Å². The quantitative estimate of drug-likeness (QED) is 0.817. The third-order valence-electron chi connectivity index (χ3n) is 5.70. The number of carbonyl (C=O) groups excluding carboxylic acids is 1. The van der Waals surface area contributed by atoms with Gasteiger partial charge in [0.05, 0.1) is 18.7 Å². The summed E-state index contributed by atoms with van der Waals surface area (Å²) in [4.78, 5) is 19.4. The third kappa shape index (κ3) is 3.54. The van der Waals surface area contributed by atoms with Crippen LogP contribution in [0.3, 0.4) is 0 Å². The van der Waals surface area contributed by atoms with E-state index in [2.05, 4.69) is 16.4 Å². The molecule has 142 valence electrons. The molecule has 0 saturated carbocycles. The molecule has 1 aromatic heterocycles. The van der Waals surface area contributed by atoms with Crippen LogP contribution >= 0.6 is 11.6 Å². The Bertz CT molecular complexity index is 836. The van der Waals surface area contributed by atoms with Crippen molar-refractivity contribution in [2.45, 2.75) is 24.6 Å². The van der Waals surface area contributed by atoms with Crippen LogP contribution in [0, 0.1) is 5.92 Å². The number of benzene rings is 1. The van der Waals surface area contributed by atoms with E-state index in [9.17, 15) is 4.79 Å². The molecule has 1 unspecified atom stereocenters. The Hall–Kier alpha value is -2.11. The molecule has 0 bridgehead atoms. The first-order chi connectivity index (χ1) is 13.2. The minimum Gasteiger partial charge on any atom is -0.497 e. The van der Waals surface area contributed by atoms with Gasteiger partial charge in [-0.15, -0.1) is 11.6 Å². The highest BCUT2D eigenvalue weighted by Crippen LogP contribution is 2.45. The van der Waals surface area contributed by atoms with Crippen molar-refractivity contribution in [3.63, 3.8) is 0 Å². The van der Waals surface area contributed by atoms with Crippen LogP contribution in [0.15, 0.2) is 36.5 Å². The number of ether oxygens (including phenoxy) is 1. The number of rotatable bonds is 4. The molecule has 0 radical (unpaired) electrons. The first-order valence-electron chi connectivity index (χ1n) is 9.42. The maximum Gasteiger partial charge on any atom is 0.258 e. The highest BCUT2D eigenvalue weighted by molar-refractivity contribution is 6.17. The Morgan fingerprint density at radius 1 is 1.30 bits per heavy atom. The highest BCUT2D eigenvalue weighted by Gasteiger charge is 2.37. The molecular formula is C21H24ClN3O2. The number of hydrogen-bond donors (Lipinski definition) is 1. The standard InChI is InChI=1S/C21H24ClN3O2/c1-27-17-2-3-20-18(11-17)19(14-4-7-23-8-5-14)13-25(20)21(26)15-6-9-24-16(10-15)12-22/h2-3,6,9-11,14,19,23H,4-5,7-8,12-13H2,1H3. The maximum atomic E-state index is 13.3. The van der Waals surface area contributed by atoms with E-state index in [0.29, 0.717) is 35.5 Å². The fourth-order valence-corrected chi connectivity index (χ4v) is 4.42. The first-order valence-corrected chi connectivity index (χ1v) is 9.96. The van der Waals surface area contributed by atoms with Crippen LogP contribution < -0.4 is 15.0 Å². The van der Waals surface area contributed by atoms with Gasteiger partial charge < -0.3 is 15.0 Å². The number of amides is 1. The molecule has 4 rings (SSSR count). The normalized spacial score (nSPS) is 19.8. The van der Waals surface area contributed by atoms with E-state index >= 15 is 0 Å². The first kappa shape index (κ1) is 18.3. The average molecular weight is 386 g/mol. The molecule has 0 spiro atoms. The molecule has 1 saturated heterocycles. The van der Waals surface area contributed by atoms with Crippen molar-refractivity contribution < 1.29 is 9.53 Å². The van der Waals surface area contributed by atoms with Crippen LogP contribution in [0.25, 0.3) is 0 Å². The fraction of sp³-hybridized carbons (Fsp3) is 0.429. The number of fused-ring (bicyclic) bond motifs is 1. The minimum atomic E-state index is 0.00613. The van der Waals surface area contributed by atoms with Gasteiger partial charge in [-0.3, -0.25) is 9.78 Å². The van der Waals surface area contributed by atoms with Crippen LogP contribution in [-0.2, 0) is 5.88 Å². The number of carbonyl (C=O) groups is 1. The number of hydrogen-bond acceptors (Lipinski definition) is 4. The number of anilines is 1. The van der Waals surface area contributed by atoms with Gasteiger partial charge in [-0.25, -0.2) is 0 Å². The number of alkyl halides is 1. The number of methoxy groups -OCH3 is 1. The highest BCUT2D eigenvalue weighted by atomic mass is 35.5. The fourth-order valence-electron chi connectivity index (χ4n) is 4.28. The molecule has 27 heavy (non-hydrogen) atoms. The lowest BCUT2D eigenvalue weighted by Gasteiger charge is -2.28. The summed E-state index contributed by atoms with van der Waals surface area (Å²) in [5, 5.41) is 3.43.